The van der Waals surface area contributed by atoms with E-state index in [1.807, 2.05) is 0 Å². The van der Waals surface area contributed by atoms with E-state index in [9.17, 15) is 4.55 Å². The normalized spacial score (nSPS) is 13.8. The highest BCUT2D eigenvalue weighted by Crippen LogP contribution is 2.02. The maximum atomic E-state index is 10.6. The molecule has 0 bridgehead atoms. The van der Waals surface area contributed by atoms with Gasteiger partial charge in [-0.1, -0.05) is 0 Å². The lowest BCUT2D eigenvalue weighted by atomic mass is 10.7. The molecule has 0 spiro atoms. The van der Waals surface area contributed by atoms with Gasteiger partial charge in [0.15, 0.2) is 4.90 Å². The highest BCUT2D eigenvalue weighted by Gasteiger charge is 2.01. The SMILES string of the molecule is C[S+]([O-])c1cn[nH]c1. The van der Waals surface area contributed by atoms with Gasteiger partial charge in [0.05, 0.1) is 6.20 Å². The largest absolute Gasteiger partial charge is 0.612 e. The van der Waals surface area contributed by atoms with Gasteiger partial charge in [-0.2, -0.15) is 5.10 Å². The summed E-state index contributed by atoms with van der Waals surface area (Å²) in [6.45, 7) is 0. The summed E-state index contributed by atoms with van der Waals surface area (Å²) in [7, 11) is 0. The second-order valence-corrected chi connectivity index (χ2v) is 2.77. The van der Waals surface area contributed by atoms with Crippen LogP contribution in [0.25, 0.3) is 0 Å². The van der Waals surface area contributed by atoms with Crippen molar-refractivity contribution >= 4 is 11.2 Å². The number of aromatic nitrogens is 2. The molecule has 1 aromatic rings. The van der Waals surface area contributed by atoms with Gasteiger partial charge >= 0.3 is 0 Å². The molecular weight excluding hydrogens is 124 g/mol. The van der Waals surface area contributed by atoms with Crippen LogP contribution in [-0.2, 0) is 11.2 Å². The predicted octanol–water partition coefficient (Wildman–Crippen LogP) is 0.147. The van der Waals surface area contributed by atoms with Crippen molar-refractivity contribution in [2.75, 3.05) is 6.26 Å². The Hall–Kier alpha value is -0.480. The fraction of sp³-hybridized carbons (Fsp3) is 0.250. The molecule has 1 heterocycles. The summed E-state index contributed by atoms with van der Waals surface area (Å²) < 4.78 is 10.6. The first-order chi connectivity index (χ1) is 3.80. The van der Waals surface area contributed by atoms with E-state index in [1.165, 1.54) is 0 Å². The van der Waals surface area contributed by atoms with E-state index in [-0.39, 0.29) is 0 Å². The number of hydrogen-bond acceptors (Lipinski definition) is 2. The topological polar surface area (TPSA) is 51.7 Å². The highest BCUT2D eigenvalue weighted by molar-refractivity contribution is 7.90. The van der Waals surface area contributed by atoms with Gasteiger partial charge < -0.3 is 4.55 Å². The molecule has 1 aromatic heterocycles. The van der Waals surface area contributed by atoms with Gasteiger partial charge in [-0.3, -0.25) is 5.10 Å². The van der Waals surface area contributed by atoms with Gasteiger partial charge in [-0.15, -0.1) is 0 Å². The minimum absolute atomic E-state index is 0.741. The zero-order chi connectivity index (χ0) is 5.98. The number of nitrogens with zero attached hydrogens (tertiary/aromatic N) is 1. The molecule has 0 radical (unpaired) electrons. The molecule has 1 unspecified atom stereocenters. The van der Waals surface area contributed by atoms with E-state index in [4.69, 9.17) is 0 Å². The first-order valence-corrected chi connectivity index (χ1v) is 3.68. The molecule has 44 valence electrons. The van der Waals surface area contributed by atoms with Crippen molar-refractivity contribution in [3.63, 3.8) is 0 Å². The monoisotopic (exact) mass is 130 g/mol. The van der Waals surface area contributed by atoms with Crippen LogP contribution in [0, 0.1) is 0 Å². The van der Waals surface area contributed by atoms with Crippen LogP contribution in [0.2, 0.25) is 0 Å². The fourth-order valence-corrected chi connectivity index (χ4v) is 0.816. The number of nitrogens with one attached hydrogen (secondary N) is 1. The van der Waals surface area contributed by atoms with Crippen LogP contribution in [-0.4, -0.2) is 21.0 Å². The quantitative estimate of drug-likeness (QED) is 0.550. The van der Waals surface area contributed by atoms with Gasteiger partial charge in [0, 0.05) is 0 Å². The minimum Gasteiger partial charge on any atom is -0.612 e. The van der Waals surface area contributed by atoms with Crippen molar-refractivity contribution < 1.29 is 4.55 Å². The average Bonchev–Trinajstić information content (AvgIpc) is 2.12. The number of H-pyrrole nitrogens is 1. The second kappa shape index (κ2) is 2.19. The molecule has 0 aliphatic rings. The summed E-state index contributed by atoms with van der Waals surface area (Å²) in [6.07, 6.45) is 4.79. The van der Waals surface area contributed by atoms with Gasteiger partial charge in [0.25, 0.3) is 0 Å². The van der Waals surface area contributed by atoms with Crippen molar-refractivity contribution in [3.05, 3.63) is 12.4 Å². The molecule has 0 fully saturated rings. The Labute approximate surface area is 50.3 Å². The molecule has 0 aromatic carbocycles. The fourth-order valence-electron chi connectivity index (χ4n) is 0.396. The Morgan fingerprint density at radius 2 is 2.62 bits per heavy atom. The number of rotatable bonds is 1. The molecular formula is C4H6N2OS. The van der Waals surface area contributed by atoms with Crippen LogP contribution < -0.4 is 0 Å². The first-order valence-electron chi connectivity index (χ1n) is 2.13. The van der Waals surface area contributed by atoms with Crippen LogP contribution in [0.5, 0.6) is 0 Å². The third-order valence-electron chi connectivity index (χ3n) is 0.805. The molecule has 8 heavy (non-hydrogen) atoms. The van der Waals surface area contributed by atoms with Crippen LogP contribution in [0.4, 0.5) is 0 Å². The third kappa shape index (κ3) is 1.02. The lowest BCUT2D eigenvalue weighted by Gasteiger charge is -1.96. The Morgan fingerprint density at radius 1 is 1.88 bits per heavy atom. The summed E-state index contributed by atoms with van der Waals surface area (Å²) >= 11 is -0.892. The average molecular weight is 130 g/mol. The van der Waals surface area contributed by atoms with E-state index in [0.717, 1.165) is 4.90 Å². The Bertz CT molecular complexity index is 149. The van der Waals surface area contributed by atoms with Gasteiger partial charge in [0.1, 0.15) is 12.5 Å². The molecule has 0 amide bonds. The van der Waals surface area contributed by atoms with Crippen molar-refractivity contribution in [1.29, 1.82) is 0 Å². The number of hydrogen-bond donors (Lipinski definition) is 1. The van der Waals surface area contributed by atoms with E-state index in [2.05, 4.69) is 10.2 Å². The van der Waals surface area contributed by atoms with Crippen molar-refractivity contribution in [1.82, 2.24) is 10.2 Å². The molecule has 4 heteroatoms. The summed E-state index contributed by atoms with van der Waals surface area (Å²) in [6, 6.07) is 0. The lowest BCUT2D eigenvalue weighted by Crippen LogP contribution is -1.93. The molecule has 3 nitrogen and oxygen atoms in total. The molecule has 0 aliphatic carbocycles. The molecule has 1 atom stereocenters. The Balaban J connectivity index is 2.77. The number of aromatic amines is 1. The predicted molar refractivity (Wildman–Crippen MR) is 30.9 cm³/mol. The van der Waals surface area contributed by atoms with Crippen molar-refractivity contribution in [3.8, 4) is 0 Å². The minimum atomic E-state index is -0.892. The Morgan fingerprint density at radius 3 is 2.88 bits per heavy atom. The molecule has 0 saturated heterocycles. The second-order valence-electron chi connectivity index (χ2n) is 1.39. The third-order valence-corrected chi connectivity index (χ3v) is 1.69. The smallest absolute Gasteiger partial charge is 0.190 e. The van der Waals surface area contributed by atoms with Gasteiger partial charge in [0.2, 0.25) is 0 Å². The molecule has 0 aliphatic heterocycles. The standard InChI is InChI=1S/C4H6N2OS/c1-8(7)4-2-5-6-3-4/h2-3H,1H3,(H,5,6). The van der Waals surface area contributed by atoms with Crippen molar-refractivity contribution in [2.45, 2.75) is 4.90 Å². The zero-order valence-electron chi connectivity index (χ0n) is 4.42. The van der Waals surface area contributed by atoms with Gasteiger partial charge in [-0.05, 0) is 11.2 Å². The Kier molecular flexibility index (Phi) is 1.55. The summed E-state index contributed by atoms with van der Waals surface area (Å²) in [5.41, 5.74) is 0. The molecule has 1 rings (SSSR count). The van der Waals surface area contributed by atoms with E-state index < -0.39 is 11.2 Å². The van der Waals surface area contributed by atoms with Crippen LogP contribution in [0.1, 0.15) is 0 Å². The molecule has 1 N–H and O–H groups in total. The summed E-state index contributed by atoms with van der Waals surface area (Å²) in [5.74, 6) is 0. The van der Waals surface area contributed by atoms with Crippen molar-refractivity contribution in [2.24, 2.45) is 0 Å². The van der Waals surface area contributed by atoms with Crippen LogP contribution in [0.15, 0.2) is 17.3 Å². The van der Waals surface area contributed by atoms with Crippen LogP contribution in [0.3, 0.4) is 0 Å². The maximum absolute atomic E-state index is 10.6. The first kappa shape index (κ1) is 5.65. The summed E-state index contributed by atoms with van der Waals surface area (Å²) in [4.78, 5) is 0.741. The van der Waals surface area contributed by atoms with Crippen LogP contribution >= 0.6 is 0 Å². The molecule has 0 saturated carbocycles. The highest BCUT2D eigenvalue weighted by atomic mass is 32.2. The lowest BCUT2D eigenvalue weighted by molar-refractivity contribution is 0.601. The van der Waals surface area contributed by atoms with E-state index in [1.54, 1.807) is 18.6 Å². The maximum Gasteiger partial charge on any atom is 0.190 e. The van der Waals surface area contributed by atoms with E-state index >= 15 is 0 Å². The van der Waals surface area contributed by atoms with E-state index in [0.29, 0.717) is 0 Å². The zero-order valence-corrected chi connectivity index (χ0v) is 5.23. The summed E-state index contributed by atoms with van der Waals surface area (Å²) in [5, 5.41) is 6.19. The van der Waals surface area contributed by atoms with Gasteiger partial charge in [-0.25, -0.2) is 0 Å².